The van der Waals surface area contributed by atoms with Gasteiger partial charge in [0.25, 0.3) is 0 Å². The van der Waals surface area contributed by atoms with Crippen LogP contribution in [-0.4, -0.2) is 35.4 Å². The Kier molecular flexibility index (Phi) is 5.44. The lowest BCUT2D eigenvalue weighted by molar-refractivity contribution is -0.122. The van der Waals surface area contributed by atoms with Crippen LogP contribution in [0.25, 0.3) is 10.9 Å². The molecule has 146 valence electrons. The van der Waals surface area contributed by atoms with Crippen molar-refractivity contribution in [1.29, 1.82) is 0 Å². The van der Waals surface area contributed by atoms with E-state index < -0.39 is 0 Å². The first-order chi connectivity index (χ1) is 13.6. The van der Waals surface area contributed by atoms with E-state index in [0.29, 0.717) is 19.0 Å². The molecule has 0 aliphatic carbocycles. The first-order valence-corrected chi connectivity index (χ1v) is 9.91. The van der Waals surface area contributed by atoms with Crippen LogP contribution in [0.1, 0.15) is 35.6 Å². The van der Waals surface area contributed by atoms with E-state index in [1.165, 1.54) is 34.3 Å². The maximum absolute atomic E-state index is 12.9. The van der Waals surface area contributed by atoms with Crippen LogP contribution < -0.4 is 5.32 Å². The second-order valence-corrected chi connectivity index (χ2v) is 7.66. The number of hydrogen-bond donors (Lipinski definition) is 2. The third kappa shape index (κ3) is 4.09. The molecule has 1 aromatic heterocycles. The highest BCUT2D eigenvalue weighted by molar-refractivity contribution is 5.85. The van der Waals surface area contributed by atoms with E-state index in [0.717, 1.165) is 31.5 Å². The Bertz CT molecular complexity index is 956. The summed E-state index contributed by atoms with van der Waals surface area (Å²) in [6.45, 7) is 4.86. The molecule has 2 N–H and O–H groups in total. The van der Waals surface area contributed by atoms with Crippen molar-refractivity contribution in [3.63, 3.8) is 0 Å². The molecule has 1 saturated heterocycles. The number of aromatic nitrogens is 1. The monoisotopic (exact) mass is 379 g/mol. The molecule has 2 heterocycles. The number of benzene rings is 2. The number of hydrogen-bond acceptors (Lipinski definition) is 2. The maximum atomic E-state index is 12.9. The van der Waals surface area contributed by atoms with Gasteiger partial charge in [-0.2, -0.15) is 0 Å². The number of nitrogens with zero attached hydrogens (tertiary/aromatic N) is 1. The molecule has 0 unspecified atom stereocenters. The van der Waals surface area contributed by atoms with Gasteiger partial charge in [-0.1, -0.05) is 30.3 Å². The summed E-state index contributed by atoms with van der Waals surface area (Å²) in [5, 5.41) is 4.26. The molecule has 0 bridgehead atoms. The molecule has 0 atom stereocenters. The molecule has 28 heavy (non-hydrogen) atoms. The van der Waals surface area contributed by atoms with Crippen molar-refractivity contribution in [2.45, 2.75) is 32.2 Å². The van der Waals surface area contributed by atoms with Gasteiger partial charge in [-0.15, -0.1) is 0 Å². The van der Waals surface area contributed by atoms with Crippen molar-refractivity contribution in [1.82, 2.24) is 15.2 Å². The summed E-state index contributed by atoms with van der Waals surface area (Å²) in [6, 6.07) is 14.7. The molecule has 0 radical (unpaired) electrons. The maximum Gasteiger partial charge on any atom is 0.234 e. The second-order valence-electron chi connectivity index (χ2n) is 7.66. The zero-order chi connectivity index (χ0) is 19.5. The minimum Gasteiger partial charge on any atom is -0.358 e. The van der Waals surface area contributed by atoms with Gasteiger partial charge in [0.05, 0.1) is 6.54 Å². The van der Waals surface area contributed by atoms with Crippen LogP contribution in [0, 0.1) is 12.7 Å². The van der Waals surface area contributed by atoms with Gasteiger partial charge in [0, 0.05) is 23.1 Å². The number of carbonyl (C=O) groups excluding carboxylic acids is 1. The highest BCUT2D eigenvalue weighted by atomic mass is 19.1. The molecule has 1 amide bonds. The Morgan fingerprint density at radius 1 is 1.14 bits per heavy atom. The SMILES string of the molecule is Cc1[nH]c2ccccc2c1C1CCN(CC(=O)NCc2ccc(F)cc2)CC1. The Morgan fingerprint density at radius 3 is 2.61 bits per heavy atom. The number of likely N-dealkylation sites (tertiary alicyclic amines) is 1. The molecule has 2 aromatic carbocycles. The first-order valence-electron chi connectivity index (χ1n) is 9.91. The summed E-state index contributed by atoms with van der Waals surface area (Å²) in [5.74, 6) is 0.295. The Hall–Kier alpha value is -2.66. The van der Waals surface area contributed by atoms with Crippen LogP contribution in [0.15, 0.2) is 48.5 Å². The lowest BCUT2D eigenvalue weighted by Crippen LogP contribution is -2.41. The molecular formula is C23H26FN3O. The van der Waals surface area contributed by atoms with Crippen LogP contribution in [-0.2, 0) is 11.3 Å². The number of halogens is 1. The molecule has 0 saturated carbocycles. The van der Waals surface area contributed by atoms with Crippen LogP contribution in [0.4, 0.5) is 4.39 Å². The van der Waals surface area contributed by atoms with Gasteiger partial charge < -0.3 is 10.3 Å². The van der Waals surface area contributed by atoms with Gasteiger partial charge in [-0.3, -0.25) is 9.69 Å². The normalized spacial score (nSPS) is 15.8. The number of carbonyl (C=O) groups is 1. The molecule has 1 fully saturated rings. The van der Waals surface area contributed by atoms with E-state index in [4.69, 9.17) is 0 Å². The lowest BCUT2D eigenvalue weighted by Gasteiger charge is -2.31. The van der Waals surface area contributed by atoms with Crippen molar-refractivity contribution in [2.24, 2.45) is 0 Å². The number of piperidine rings is 1. The lowest BCUT2D eigenvalue weighted by atomic mass is 9.87. The summed E-state index contributed by atoms with van der Waals surface area (Å²) in [4.78, 5) is 18.0. The predicted octanol–water partition coefficient (Wildman–Crippen LogP) is 4.11. The van der Waals surface area contributed by atoms with Crippen molar-refractivity contribution >= 4 is 16.8 Å². The van der Waals surface area contributed by atoms with E-state index in [1.54, 1.807) is 12.1 Å². The topological polar surface area (TPSA) is 48.1 Å². The first kappa shape index (κ1) is 18.7. The Labute approximate surface area is 164 Å². The fraction of sp³-hybridized carbons (Fsp3) is 0.348. The van der Waals surface area contributed by atoms with E-state index in [1.807, 2.05) is 0 Å². The number of amides is 1. The minimum atomic E-state index is -0.261. The quantitative estimate of drug-likeness (QED) is 0.701. The van der Waals surface area contributed by atoms with Gasteiger partial charge in [0.1, 0.15) is 5.82 Å². The minimum absolute atomic E-state index is 0.0195. The van der Waals surface area contributed by atoms with Crippen LogP contribution in [0.2, 0.25) is 0 Å². The number of aromatic amines is 1. The van der Waals surface area contributed by atoms with Crippen molar-refractivity contribution in [3.8, 4) is 0 Å². The van der Waals surface area contributed by atoms with Crippen LogP contribution >= 0.6 is 0 Å². The Balaban J connectivity index is 1.29. The highest BCUT2D eigenvalue weighted by Gasteiger charge is 2.25. The molecule has 4 nitrogen and oxygen atoms in total. The molecule has 1 aliphatic heterocycles. The number of rotatable bonds is 5. The standard InChI is InChI=1S/C23H26FN3O/c1-16-23(20-4-2-3-5-21(20)26-16)18-10-12-27(13-11-18)15-22(28)25-14-17-6-8-19(24)9-7-17/h2-9,18,26H,10-15H2,1H3,(H,25,28). The molecule has 5 heteroatoms. The van der Waals surface area contributed by atoms with Gasteiger partial charge >= 0.3 is 0 Å². The largest absolute Gasteiger partial charge is 0.358 e. The molecular weight excluding hydrogens is 353 g/mol. The molecule has 0 spiro atoms. The number of fused-ring (bicyclic) bond motifs is 1. The number of aryl methyl sites for hydroxylation is 1. The molecule has 1 aliphatic rings. The van der Waals surface area contributed by atoms with Crippen molar-refractivity contribution in [2.75, 3.05) is 19.6 Å². The summed E-state index contributed by atoms with van der Waals surface area (Å²) >= 11 is 0. The van der Waals surface area contributed by atoms with Gasteiger partial charge in [-0.25, -0.2) is 4.39 Å². The Morgan fingerprint density at radius 2 is 1.86 bits per heavy atom. The third-order valence-corrected chi connectivity index (χ3v) is 5.71. The van der Waals surface area contributed by atoms with E-state index in [9.17, 15) is 9.18 Å². The zero-order valence-electron chi connectivity index (χ0n) is 16.2. The number of para-hydroxylation sites is 1. The van der Waals surface area contributed by atoms with Crippen LogP contribution in [0.5, 0.6) is 0 Å². The smallest absolute Gasteiger partial charge is 0.234 e. The van der Waals surface area contributed by atoms with E-state index >= 15 is 0 Å². The second kappa shape index (κ2) is 8.15. The third-order valence-electron chi connectivity index (χ3n) is 5.71. The average molecular weight is 379 g/mol. The van der Waals surface area contributed by atoms with Gasteiger partial charge in [0.15, 0.2) is 0 Å². The van der Waals surface area contributed by atoms with Gasteiger partial charge in [0.2, 0.25) is 5.91 Å². The zero-order valence-corrected chi connectivity index (χ0v) is 16.2. The van der Waals surface area contributed by atoms with E-state index in [2.05, 4.69) is 46.4 Å². The fourth-order valence-electron chi connectivity index (χ4n) is 4.27. The molecule has 4 rings (SSSR count). The number of nitrogens with one attached hydrogen (secondary N) is 2. The van der Waals surface area contributed by atoms with Crippen molar-refractivity contribution < 1.29 is 9.18 Å². The highest BCUT2D eigenvalue weighted by Crippen LogP contribution is 2.35. The molecule has 3 aromatic rings. The summed E-state index contributed by atoms with van der Waals surface area (Å²) < 4.78 is 12.9. The van der Waals surface area contributed by atoms with Gasteiger partial charge in [-0.05, 0) is 68.1 Å². The summed E-state index contributed by atoms with van der Waals surface area (Å²) in [7, 11) is 0. The van der Waals surface area contributed by atoms with E-state index in [-0.39, 0.29) is 11.7 Å². The number of H-pyrrole nitrogens is 1. The van der Waals surface area contributed by atoms with Crippen molar-refractivity contribution in [3.05, 3.63) is 71.2 Å². The average Bonchev–Trinajstić information content (AvgIpc) is 3.04. The summed E-state index contributed by atoms with van der Waals surface area (Å²) in [6.07, 6.45) is 2.13. The fourth-order valence-corrected chi connectivity index (χ4v) is 4.27. The van der Waals surface area contributed by atoms with Crippen LogP contribution in [0.3, 0.4) is 0 Å². The summed E-state index contributed by atoms with van der Waals surface area (Å²) in [5.41, 5.74) is 4.81. The predicted molar refractivity (Wildman–Crippen MR) is 110 cm³/mol.